The van der Waals surface area contributed by atoms with Crippen LogP contribution >= 0.6 is 0 Å². The van der Waals surface area contributed by atoms with Gasteiger partial charge >= 0.3 is 0 Å². The van der Waals surface area contributed by atoms with Crippen LogP contribution in [0.2, 0.25) is 0 Å². The van der Waals surface area contributed by atoms with Gasteiger partial charge in [-0.3, -0.25) is 0 Å². The smallest absolute Gasteiger partial charge is 0.256 e. The highest BCUT2D eigenvalue weighted by molar-refractivity contribution is 5.65. The predicted molar refractivity (Wildman–Crippen MR) is 65.0 cm³/mol. The van der Waals surface area contributed by atoms with E-state index in [1.165, 1.54) is 7.11 Å². The molecule has 0 aliphatic carbocycles. The second kappa shape index (κ2) is 4.69. The molecule has 0 fully saturated rings. The zero-order valence-corrected chi connectivity index (χ0v) is 9.68. The summed E-state index contributed by atoms with van der Waals surface area (Å²) in [6.07, 6.45) is 0. The van der Waals surface area contributed by atoms with Gasteiger partial charge in [0.2, 0.25) is 0 Å². The first-order valence-electron chi connectivity index (χ1n) is 5.06. The molecule has 0 unspecified atom stereocenters. The number of nitrogen functional groups attached to an aromatic ring is 1. The summed E-state index contributed by atoms with van der Waals surface area (Å²) in [5, 5.41) is 7.94. The molecule has 0 spiro atoms. The Balaban J connectivity index is 2.42. The first-order valence-corrected chi connectivity index (χ1v) is 5.06. The van der Waals surface area contributed by atoms with E-state index in [9.17, 15) is 0 Å². The molecule has 17 heavy (non-hydrogen) atoms. The minimum Gasteiger partial charge on any atom is -0.497 e. The molecule has 1 aromatic carbocycles. The van der Waals surface area contributed by atoms with E-state index >= 15 is 0 Å². The van der Waals surface area contributed by atoms with Gasteiger partial charge < -0.3 is 15.2 Å². The van der Waals surface area contributed by atoms with Crippen LogP contribution in [0.3, 0.4) is 0 Å². The fourth-order valence-corrected chi connectivity index (χ4v) is 1.48. The predicted octanol–water partition coefficient (Wildman–Crippen LogP) is 1.74. The van der Waals surface area contributed by atoms with Gasteiger partial charge in [0.05, 0.1) is 25.6 Å². The molecule has 0 aliphatic heterocycles. The zero-order valence-electron chi connectivity index (χ0n) is 9.68. The molecule has 2 N–H and O–H groups in total. The number of hydrogen-bond acceptors (Lipinski definition) is 5. The molecule has 2 aromatic rings. The van der Waals surface area contributed by atoms with Gasteiger partial charge in [-0.15, -0.1) is 10.2 Å². The second-order valence-corrected chi connectivity index (χ2v) is 3.43. The van der Waals surface area contributed by atoms with E-state index in [1.54, 1.807) is 13.2 Å². The van der Waals surface area contributed by atoms with Crippen LogP contribution in [0.1, 0.15) is 0 Å². The van der Waals surface area contributed by atoms with Gasteiger partial charge in [0.1, 0.15) is 5.75 Å². The summed E-state index contributed by atoms with van der Waals surface area (Å²) in [4.78, 5) is 0. The fourth-order valence-electron chi connectivity index (χ4n) is 1.48. The highest BCUT2D eigenvalue weighted by Gasteiger charge is 2.06. The van der Waals surface area contributed by atoms with Gasteiger partial charge in [-0.1, -0.05) is 12.1 Å². The van der Waals surface area contributed by atoms with Crippen molar-refractivity contribution in [1.82, 2.24) is 10.2 Å². The third kappa shape index (κ3) is 2.28. The summed E-state index contributed by atoms with van der Waals surface area (Å²) >= 11 is 0. The number of nitrogens with zero attached hydrogens (tertiary/aromatic N) is 2. The number of rotatable bonds is 3. The maximum atomic E-state index is 5.78. The van der Waals surface area contributed by atoms with Crippen molar-refractivity contribution >= 4 is 5.69 Å². The molecule has 5 heteroatoms. The minimum atomic E-state index is 0.330. The summed E-state index contributed by atoms with van der Waals surface area (Å²) in [5.74, 6) is 1.09. The van der Waals surface area contributed by atoms with Gasteiger partial charge in [0, 0.05) is 5.56 Å². The molecule has 0 radical (unpaired) electrons. The quantitative estimate of drug-likeness (QED) is 0.871. The molecule has 0 amide bonds. The summed E-state index contributed by atoms with van der Waals surface area (Å²) in [5.41, 5.74) is 7.82. The second-order valence-electron chi connectivity index (χ2n) is 3.43. The Morgan fingerprint density at radius 2 is 1.88 bits per heavy atom. The van der Waals surface area contributed by atoms with Crippen LogP contribution in [0.15, 0.2) is 30.3 Å². The maximum Gasteiger partial charge on any atom is 0.256 e. The number of benzene rings is 1. The van der Waals surface area contributed by atoms with Crippen molar-refractivity contribution in [1.29, 1.82) is 0 Å². The molecule has 0 saturated heterocycles. The lowest BCUT2D eigenvalue weighted by molar-refractivity contribution is 0.394. The van der Waals surface area contributed by atoms with E-state index in [0.717, 1.165) is 11.3 Å². The maximum absolute atomic E-state index is 5.78. The average Bonchev–Trinajstić information content (AvgIpc) is 2.38. The monoisotopic (exact) mass is 231 g/mol. The lowest BCUT2D eigenvalue weighted by atomic mass is 10.1. The van der Waals surface area contributed by atoms with Crippen molar-refractivity contribution in [3.63, 3.8) is 0 Å². The van der Waals surface area contributed by atoms with Crippen LogP contribution in [0.25, 0.3) is 11.3 Å². The van der Waals surface area contributed by atoms with Crippen LogP contribution in [0.5, 0.6) is 11.6 Å². The van der Waals surface area contributed by atoms with Gasteiger partial charge in [-0.05, 0) is 18.2 Å². The van der Waals surface area contributed by atoms with E-state index in [0.29, 0.717) is 17.3 Å². The Kier molecular flexibility index (Phi) is 3.09. The topological polar surface area (TPSA) is 70.3 Å². The van der Waals surface area contributed by atoms with Crippen LogP contribution in [0.4, 0.5) is 5.69 Å². The SMILES string of the molecule is COc1cccc(-c2cc(N)c(OC)nn2)c1. The number of ether oxygens (including phenoxy) is 2. The number of methoxy groups -OCH3 is 2. The van der Waals surface area contributed by atoms with Crippen LogP contribution in [-0.2, 0) is 0 Å². The Labute approximate surface area is 99.2 Å². The summed E-state index contributed by atoms with van der Waals surface area (Å²) in [6, 6.07) is 9.26. The van der Waals surface area contributed by atoms with Gasteiger partial charge in [0.25, 0.3) is 5.88 Å². The molecular formula is C12H13N3O2. The molecule has 0 saturated carbocycles. The molecule has 88 valence electrons. The van der Waals surface area contributed by atoms with Crippen molar-refractivity contribution in [3.05, 3.63) is 30.3 Å². The average molecular weight is 231 g/mol. The normalized spacial score (nSPS) is 10.0. The van der Waals surface area contributed by atoms with Crippen molar-refractivity contribution in [2.24, 2.45) is 0 Å². The minimum absolute atomic E-state index is 0.330. The van der Waals surface area contributed by atoms with Gasteiger partial charge in [-0.25, -0.2) is 0 Å². The highest BCUT2D eigenvalue weighted by atomic mass is 16.5. The zero-order chi connectivity index (χ0) is 12.3. The Morgan fingerprint density at radius 1 is 1.06 bits per heavy atom. The fraction of sp³-hybridized carbons (Fsp3) is 0.167. The molecule has 0 atom stereocenters. The molecule has 1 heterocycles. The lowest BCUT2D eigenvalue weighted by Crippen LogP contribution is -1.98. The molecule has 1 aromatic heterocycles. The summed E-state index contributed by atoms with van der Waals surface area (Å²) in [7, 11) is 3.12. The van der Waals surface area contributed by atoms with Crippen LogP contribution in [-0.4, -0.2) is 24.4 Å². The Bertz CT molecular complexity index is 529. The number of nitrogens with two attached hydrogens (primary N) is 1. The third-order valence-corrected chi connectivity index (χ3v) is 2.35. The van der Waals surface area contributed by atoms with Crippen molar-refractivity contribution in [3.8, 4) is 22.9 Å². The highest BCUT2D eigenvalue weighted by Crippen LogP contribution is 2.25. The molecule has 0 bridgehead atoms. The Morgan fingerprint density at radius 3 is 2.53 bits per heavy atom. The molecule has 0 aliphatic rings. The molecule has 5 nitrogen and oxygen atoms in total. The number of hydrogen-bond donors (Lipinski definition) is 1. The lowest BCUT2D eigenvalue weighted by Gasteiger charge is -2.06. The third-order valence-electron chi connectivity index (χ3n) is 2.35. The number of aromatic nitrogens is 2. The van der Waals surface area contributed by atoms with Crippen molar-refractivity contribution < 1.29 is 9.47 Å². The first-order chi connectivity index (χ1) is 8.24. The van der Waals surface area contributed by atoms with Gasteiger partial charge in [-0.2, -0.15) is 0 Å². The van der Waals surface area contributed by atoms with Gasteiger partial charge in [0.15, 0.2) is 0 Å². The summed E-state index contributed by atoms with van der Waals surface area (Å²) < 4.78 is 10.1. The van der Waals surface area contributed by atoms with E-state index in [-0.39, 0.29) is 0 Å². The molecular weight excluding hydrogens is 218 g/mol. The van der Waals surface area contributed by atoms with Crippen LogP contribution in [0, 0.1) is 0 Å². The van der Waals surface area contributed by atoms with E-state index < -0.39 is 0 Å². The summed E-state index contributed by atoms with van der Waals surface area (Å²) in [6.45, 7) is 0. The standard InChI is InChI=1S/C12H13N3O2/c1-16-9-5-3-4-8(6-9)11-7-10(13)12(17-2)15-14-11/h3-7H,1-2H3,(H2,13,14). The van der Waals surface area contributed by atoms with Crippen LogP contribution < -0.4 is 15.2 Å². The molecule has 2 rings (SSSR count). The first kappa shape index (κ1) is 11.2. The van der Waals surface area contributed by atoms with E-state index in [1.807, 2.05) is 24.3 Å². The van der Waals surface area contributed by atoms with Crippen molar-refractivity contribution in [2.75, 3.05) is 20.0 Å². The number of anilines is 1. The van der Waals surface area contributed by atoms with E-state index in [2.05, 4.69) is 10.2 Å². The van der Waals surface area contributed by atoms with E-state index in [4.69, 9.17) is 15.2 Å². The van der Waals surface area contributed by atoms with Crippen molar-refractivity contribution in [2.45, 2.75) is 0 Å². The Hall–Kier alpha value is -2.30. The largest absolute Gasteiger partial charge is 0.497 e.